The van der Waals surface area contributed by atoms with Crippen molar-refractivity contribution in [1.29, 1.82) is 0 Å². The van der Waals surface area contributed by atoms with Gasteiger partial charge >= 0.3 is 5.97 Å². The van der Waals surface area contributed by atoms with Crippen molar-refractivity contribution in [1.82, 2.24) is 4.37 Å². The number of aromatic carboxylic acids is 1. The number of carboxylic acid groups (broad SMARTS) is 1. The molecule has 0 atom stereocenters. The Kier molecular flexibility index (Phi) is 3.75. The second-order valence-corrected chi connectivity index (χ2v) is 5.02. The number of halogens is 1. The topological polar surface area (TPSA) is 59.4 Å². The van der Waals surface area contributed by atoms with E-state index in [9.17, 15) is 4.79 Å². The second kappa shape index (κ2) is 5.29. The largest absolute Gasteiger partial charge is 0.488 e. The van der Waals surface area contributed by atoms with Gasteiger partial charge in [-0.1, -0.05) is 22.0 Å². The average molecular weight is 314 g/mol. The zero-order valence-corrected chi connectivity index (χ0v) is 11.0. The number of carboxylic acids is 1. The summed E-state index contributed by atoms with van der Waals surface area (Å²) in [6, 6.07) is 7.38. The van der Waals surface area contributed by atoms with Crippen molar-refractivity contribution in [3.8, 4) is 5.75 Å². The Hall–Kier alpha value is -1.40. The predicted octanol–water partition coefficient (Wildman–Crippen LogP) is 3.18. The molecule has 0 aliphatic heterocycles. The van der Waals surface area contributed by atoms with Crippen LogP contribution in [0.3, 0.4) is 0 Å². The van der Waals surface area contributed by atoms with E-state index in [1.165, 1.54) is 6.20 Å². The highest BCUT2D eigenvalue weighted by Crippen LogP contribution is 2.21. The molecule has 0 unspecified atom stereocenters. The van der Waals surface area contributed by atoms with Gasteiger partial charge in [-0.25, -0.2) is 4.79 Å². The third-order valence-corrected chi connectivity index (χ3v) is 3.30. The lowest BCUT2D eigenvalue weighted by Crippen LogP contribution is -2.01. The first-order valence-electron chi connectivity index (χ1n) is 4.72. The Morgan fingerprint density at radius 3 is 3.06 bits per heavy atom. The lowest BCUT2D eigenvalue weighted by Gasteiger charge is -2.05. The van der Waals surface area contributed by atoms with Gasteiger partial charge in [0.15, 0.2) is 0 Å². The maximum atomic E-state index is 10.9. The highest BCUT2D eigenvalue weighted by molar-refractivity contribution is 9.10. The fraction of sp³-hybridized carbons (Fsp3) is 0.0909. The van der Waals surface area contributed by atoms with E-state index in [0.717, 1.165) is 16.0 Å². The predicted molar refractivity (Wildman–Crippen MR) is 67.5 cm³/mol. The molecule has 2 aromatic rings. The number of benzene rings is 1. The van der Waals surface area contributed by atoms with Crippen LogP contribution in [0.1, 0.15) is 15.2 Å². The molecule has 6 heteroatoms. The molecule has 0 bridgehead atoms. The van der Waals surface area contributed by atoms with Crippen LogP contribution < -0.4 is 4.74 Å². The summed E-state index contributed by atoms with van der Waals surface area (Å²) in [5.41, 5.74) is 0.199. The van der Waals surface area contributed by atoms with Crippen LogP contribution >= 0.6 is 27.5 Å². The van der Waals surface area contributed by atoms with E-state index < -0.39 is 5.97 Å². The van der Waals surface area contributed by atoms with Crippen LogP contribution in [0.4, 0.5) is 0 Å². The Labute approximate surface area is 110 Å². The normalized spacial score (nSPS) is 10.2. The molecule has 4 nitrogen and oxygen atoms in total. The third-order valence-electron chi connectivity index (χ3n) is 2.04. The van der Waals surface area contributed by atoms with Crippen molar-refractivity contribution in [2.45, 2.75) is 6.61 Å². The van der Waals surface area contributed by atoms with Gasteiger partial charge in [0.25, 0.3) is 0 Å². The van der Waals surface area contributed by atoms with Gasteiger partial charge in [0.1, 0.15) is 12.4 Å². The molecule has 88 valence electrons. The third kappa shape index (κ3) is 3.04. The van der Waals surface area contributed by atoms with Gasteiger partial charge in [-0.15, -0.1) is 0 Å². The molecular weight excluding hydrogens is 306 g/mol. The number of ether oxygens (including phenoxy) is 1. The molecule has 1 aromatic heterocycles. The maximum absolute atomic E-state index is 10.9. The van der Waals surface area contributed by atoms with Gasteiger partial charge in [-0.3, -0.25) is 0 Å². The Morgan fingerprint density at radius 2 is 2.35 bits per heavy atom. The highest BCUT2D eigenvalue weighted by Gasteiger charge is 2.13. The lowest BCUT2D eigenvalue weighted by molar-refractivity contribution is 0.0694. The number of nitrogens with zero attached hydrogens (tertiary/aromatic N) is 1. The van der Waals surface area contributed by atoms with Gasteiger partial charge < -0.3 is 9.84 Å². The van der Waals surface area contributed by atoms with E-state index in [2.05, 4.69) is 20.3 Å². The molecule has 0 spiro atoms. The standard InChI is InChI=1S/C11H8BrNO3S/c12-7-2-1-3-8(4-7)16-6-10-9(11(14)15)5-13-17-10/h1-5H,6H2,(H,14,15). The Bertz CT molecular complexity index is 541. The fourth-order valence-electron chi connectivity index (χ4n) is 1.25. The minimum atomic E-state index is -0.980. The second-order valence-electron chi connectivity index (χ2n) is 3.21. The van der Waals surface area contributed by atoms with Crippen molar-refractivity contribution in [3.05, 3.63) is 45.4 Å². The first-order chi connectivity index (χ1) is 8.16. The summed E-state index contributed by atoms with van der Waals surface area (Å²) in [5.74, 6) is -0.296. The van der Waals surface area contributed by atoms with Crippen LogP contribution in [0.5, 0.6) is 5.75 Å². The summed E-state index contributed by atoms with van der Waals surface area (Å²) in [6.07, 6.45) is 1.34. The minimum Gasteiger partial charge on any atom is -0.488 e. The summed E-state index contributed by atoms with van der Waals surface area (Å²) < 4.78 is 10.3. The summed E-state index contributed by atoms with van der Waals surface area (Å²) >= 11 is 4.47. The fourth-order valence-corrected chi connectivity index (χ4v) is 2.26. The molecule has 0 saturated carbocycles. The van der Waals surface area contributed by atoms with Gasteiger partial charge in [0, 0.05) is 4.47 Å². The quantitative estimate of drug-likeness (QED) is 0.941. The summed E-state index contributed by atoms with van der Waals surface area (Å²) in [6.45, 7) is 0.211. The van der Waals surface area contributed by atoms with Crippen molar-refractivity contribution in [3.63, 3.8) is 0 Å². The molecule has 1 heterocycles. The molecule has 0 amide bonds. The van der Waals surface area contributed by atoms with E-state index in [0.29, 0.717) is 10.6 Å². The molecule has 0 aliphatic rings. The zero-order chi connectivity index (χ0) is 12.3. The van der Waals surface area contributed by atoms with E-state index in [1.807, 2.05) is 24.3 Å². The number of carbonyl (C=O) groups is 1. The molecule has 0 aliphatic carbocycles. The number of hydrogen-bond acceptors (Lipinski definition) is 4. The monoisotopic (exact) mass is 313 g/mol. The first kappa shape index (κ1) is 12.1. The zero-order valence-electron chi connectivity index (χ0n) is 8.59. The number of aromatic nitrogens is 1. The van der Waals surface area contributed by atoms with Crippen molar-refractivity contribution >= 4 is 33.4 Å². The van der Waals surface area contributed by atoms with Crippen LogP contribution in [0, 0.1) is 0 Å². The highest BCUT2D eigenvalue weighted by atomic mass is 79.9. The maximum Gasteiger partial charge on any atom is 0.338 e. The molecule has 0 saturated heterocycles. The van der Waals surface area contributed by atoms with E-state index in [-0.39, 0.29) is 12.2 Å². The van der Waals surface area contributed by atoms with E-state index >= 15 is 0 Å². The Morgan fingerprint density at radius 1 is 1.53 bits per heavy atom. The van der Waals surface area contributed by atoms with Crippen LogP contribution in [0.15, 0.2) is 34.9 Å². The Balaban J connectivity index is 2.07. The molecule has 1 aromatic carbocycles. The van der Waals surface area contributed by atoms with Gasteiger partial charge in [-0.05, 0) is 29.7 Å². The molecular formula is C11H8BrNO3S. The average Bonchev–Trinajstić information content (AvgIpc) is 2.74. The van der Waals surface area contributed by atoms with Crippen LogP contribution in [0.2, 0.25) is 0 Å². The number of hydrogen-bond donors (Lipinski definition) is 1. The minimum absolute atomic E-state index is 0.199. The number of rotatable bonds is 4. The van der Waals surface area contributed by atoms with Gasteiger partial charge in [0.2, 0.25) is 0 Å². The summed E-state index contributed by atoms with van der Waals surface area (Å²) in [7, 11) is 0. The van der Waals surface area contributed by atoms with E-state index in [1.54, 1.807) is 0 Å². The van der Waals surface area contributed by atoms with Crippen molar-refractivity contribution in [2.24, 2.45) is 0 Å². The molecule has 2 rings (SSSR count). The van der Waals surface area contributed by atoms with E-state index in [4.69, 9.17) is 9.84 Å². The summed E-state index contributed by atoms with van der Waals surface area (Å²) in [5, 5.41) is 8.90. The summed E-state index contributed by atoms with van der Waals surface area (Å²) in [4.78, 5) is 11.5. The SMILES string of the molecule is O=C(O)c1cnsc1COc1cccc(Br)c1. The van der Waals surface area contributed by atoms with Gasteiger partial charge in [-0.2, -0.15) is 4.37 Å². The van der Waals surface area contributed by atoms with Crippen LogP contribution in [0.25, 0.3) is 0 Å². The molecule has 1 N–H and O–H groups in total. The molecule has 0 radical (unpaired) electrons. The van der Waals surface area contributed by atoms with Crippen molar-refractivity contribution < 1.29 is 14.6 Å². The van der Waals surface area contributed by atoms with Crippen molar-refractivity contribution in [2.75, 3.05) is 0 Å². The molecule has 0 fully saturated rings. The van der Waals surface area contributed by atoms with Crippen LogP contribution in [-0.4, -0.2) is 15.4 Å². The first-order valence-corrected chi connectivity index (χ1v) is 6.28. The van der Waals surface area contributed by atoms with Crippen LogP contribution in [-0.2, 0) is 6.61 Å². The lowest BCUT2D eigenvalue weighted by atomic mass is 10.3. The van der Waals surface area contributed by atoms with Gasteiger partial charge in [0.05, 0.1) is 16.6 Å². The molecule has 17 heavy (non-hydrogen) atoms. The smallest absolute Gasteiger partial charge is 0.338 e.